The van der Waals surface area contributed by atoms with Crippen molar-refractivity contribution >= 4 is 5.97 Å². The molecule has 2 aromatic carbocycles. The Kier molecular flexibility index (Phi) is 4.69. The van der Waals surface area contributed by atoms with Gasteiger partial charge in [0.05, 0.1) is 19.1 Å². The largest absolute Gasteiger partial charge is 0.469 e. The van der Waals surface area contributed by atoms with E-state index in [2.05, 4.69) is 0 Å². The van der Waals surface area contributed by atoms with Gasteiger partial charge in [-0.3, -0.25) is 4.79 Å². The summed E-state index contributed by atoms with van der Waals surface area (Å²) in [4.78, 5) is 12.6. The Balaban J connectivity index is 2.11. The number of carbonyl (C=O) groups excluding carboxylic acids is 1. The molecule has 24 heavy (non-hydrogen) atoms. The van der Waals surface area contributed by atoms with E-state index in [1.807, 2.05) is 48.5 Å². The smallest absolute Gasteiger partial charge is 0.312 e. The monoisotopic (exact) mass is 326 g/mol. The van der Waals surface area contributed by atoms with Gasteiger partial charge < -0.3 is 14.9 Å². The summed E-state index contributed by atoms with van der Waals surface area (Å²) in [5, 5.41) is 21.8. The number of benzene rings is 2. The molecule has 1 aliphatic rings. The molecule has 0 aromatic heterocycles. The molecule has 0 saturated heterocycles. The molecular weight excluding hydrogens is 304 g/mol. The number of methoxy groups -OCH3 is 1. The molecule has 0 aliphatic heterocycles. The maximum atomic E-state index is 12.6. The molecular formula is C20H22O4. The van der Waals surface area contributed by atoms with Crippen molar-refractivity contribution < 1.29 is 19.7 Å². The highest BCUT2D eigenvalue weighted by molar-refractivity contribution is 5.76. The molecule has 0 heterocycles. The number of aliphatic hydroxyl groups excluding tert-OH is 1. The van der Waals surface area contributed by atoms with E-state index >= 15 is 0 Å². The van der Waals surface area contributed by atoms with Crippen LogP contribution in [-0.2, 0) is 15.1 Å². The van der Waals surface area contributed by atoms with Gasteiger partial charge in [-0.2, -0.15) is 0 Å². The second-order valence-electron chi connectivity index (χ2n) is 6.40. The molecule has 2 N–H and O–H groups in total. The molecule has 0 radical (unpaired) electrons. The van der Waals surface area contributed by atoms with E-state index in [-0.39, 0.29) is 12.3 Å². The van der Waals surface area contributed by atoms with E-state index in [1.165, 1.54) is 7.11 Å². The zero-order valence-electron chi connectivity index (χ0n) is 13.6. The van der Waals surface area contributed by atoms with Gasteiger partial charge in [0.25, 0.3) is 0 Å². The molecule has 4 heteroatoms. The molecule has 1 fully saturated rings. The van der Waals surface area contributed by atoms with Gasteiger partial charge in [-0.1, -0.05) is 60.7 Å². The first-order valence-corrected chi connectivity index (χ1v) is 8.15. The quantitative estimate of drug-likeness (QED) is 0.851. The summed E-state index contributed by atoms with van der Waals surface area (Å²) in [6.07, 6.45) is -0.166. The van der Waals surface area contributed by atoms with Crippen LogP contribution >= 0.6 is 0 Å². The highest BCUT2D eigenvalue weighted by Gasteiger charge is 2.53. The Labute approximate surface area is 141 Å². The molecule has 1 saturated carbocycles. The van der Waals surface area contributed by atoms with Crippen LogP contribution in [0.2, 0.25) is 0 Å². The fraction of sp³-hybridized carbons (Fsp3) is 0.350. The average Bonchev–Trinajstić information content (AvgIpc) is 2.62. The van der Waals surface area contributed by atoms with E-state index < -0.39 is 23.6 Å². The predicted octanol–water partition coefficient (Wildman–Crippen LogP) is 2.60. The summed E-state index contributed by atoms with van der Waals surface area (Å²) < 4.78 is 5.01. The summed E-state index contributed by atoms with van der Waals surface area (Å²) in [7, 11) is 1.33. The lowest BCUT2D eigenvalue weighted by Crippen LogP contribution is -2.50. The molecule has 0 spiro atoms. The lowest BCUT2D eigenvalue weighted by molar-refractivity contribution is -0.169. The van der Waals surface area contributed by atoms with Crippen LogP contribution in [0.3, 0.4) is 0 Å². The van der Waals surface area contributed by atoms with Crippen molar-refractivity contribution in [1.29, 1.82) is 0 Å². The third-order valence-corrected chi connectivity index (χ3v) is 4.95. The Morgan fingerprint density at radius 1 is 1.08 bits per heavy atom. The van der Waals surface area contributed by atoms with Crippen LogP contribution < -0.4 is 0 Å². The molecule has 0 amide bonds. The standard InChI is InChI=1S/C20H22O4/c1-24-19(22)18-17(14-8-4-2-5-9-14)12-16(21)13-20(18,23)15-10-6-3-7-11-15/h2-11,16-18,21,23H,12-13H2,1H3. The Bertz CT molecular complexity index is 685. The highest BCUT2D eigenvalue weighted by atomic mass is 16.5. The molecule has 3 rings (SSSR count). The van der Waals surface area contributed by atoms with E-state index in [1.54, 1.807) is 12.1 Å². The minimum Gasteiger partial charge on any atom is -0.469 e. The number of aliphatic hydroxyl groups is 2. The Hall–Kier alpha value is -2.17. The summed E-state index contributed by atoms with van der Waals surface area (Å²) >= 11 is 0. The third-order valence-electron chi connectivity index (χ3n) is 4.95. The SMILES string of the molecule is COC(=O)C1C(c2ccccc2)CC(O)CC1(O)c1ccccc1. The van der Waals surface area contributed by atoms with Crippen LogP contribution in [0.25, 0.3) is 0 Å². The van der Waals surface area contributed by atoms with Crippen molar-refractivity contribution in [3.8, 4) is 0 Å². The first-order chi connectivity index (χ1) is 11.6. The number of carbonyl (C=O) groups is 1. The van der Waals surface area contributed by atoms with Crippen molar-refractivity contribution in [2.75, 3.05) is 7.11 Å². The van der Waals surface area contributed by atoms with Gasteiger partial charge >= 0.3 is 5.97 Å². The lowest BCUT2D eigenvalue weighted by Gasteiger charge is -2.45. The Morgan fingerprint density at radius 3 is 2.25 bits per heavy atom. The first-order valence-electron chi connectivity index (χ1n) is 8.15. The van der Waals surface area contributed by atoms with Crippen LogP contribution in [0.4, 0.5) is 0 Å². The third kappa shape index (κ3) is 2.95. The van der Waals surface area contributed by atoms with E-state index in [9.17, 15) is 15.0 Å². The van der Waals surface area contributed by atoms with Gasteiger partial charge in [0.15, 0.2) is 0 Å². The maximum absolute atomic E-state index is 12.6. The molecule has 4 atom stereocenters. The van der Waals surface area contributed by atoms with Crippen molar-refractivity contribution in [1.82, 2.24) is 0 Å². The second kappa shape index (κ2) is 6.75. The minimum absolute atomic E-state index is 0.111. The van der Waals surface area contributed by atoms with Crippen LogP contribution in [0.15, 0.2) is 60.7 Å². The molecule has 4 unspecified atom stereocenters. The van der Waals surface area contributed by atoms with Crippen molar-refractivity contribution in [3.05, 3.63) is 71.8 Å². The number of hydrogen-bond donors (Lipinski definition) is 2. The Morgan fingerprint density at radius 2 is 1.67 bits per heavy atom. The summed E-state index contributed by atoms with van der Waals surface area (Å²) in [6, 6.07) is 18.6. The second-order valence-corrected chi connectivity index (χ2v) is 6.40. The fourth-order valence-corrected chi connectivity index (χ4v) is 3.87. The van der Waals surface area contributed by atoms with Gasteiger partial charge in [0.2, 0.25) is 0 Å². The normalized spacial score (nSPS) is 29.9. The zero-order chi connectivity index (χ0) is 17.2. The van der Waals surface area contributed by atoms with E-state index in [4.69, 9.17) is 4.74 Å². The van der Waals surface area contributed by atoms with Crippen molar-refractivity contribution in [2.45, 2.75) is 30.5 Å². The number of rotatable bonds is 3. The van der Waals surface area contributed by atoms with Crippen LogP contribution in [-0.4, -0.2) is 29.4 Å². The van der Waals surface area contributed by atoms with E-state index in [0.29, 0.717) is 12.0 Å². The summed E-state index contributed by atoms with van der Waals surface area (Å²) in [6.45, 7) is 0. The number of hydrogen-bond acceptors (Lipinski definition) is 4. The molecule has 1 aliphatic carbocycles. The highest BCUT2D eigenvalue weighted by Crippen LogP contribution is 2.49. The number of esters is 1. The minimum atomic E-state index is -1.47. The van der Waals surface area contributed by atoms with Crippen molar-refractivity contribution in [3.63, 3.8) is 0 Å². The zero-order valence-corrected chi connectivity index (χ0v) is 13.6. The fourth-order valence-electron chi connectivity index (χ4n) is 3.87. The van der Waals surface area contributed by atoms with Gasteiger partial charge in [-0.05, 0) is 17.5 Å². The van der Waals surface area contributed by atoms with Crippen LogP contribution in [0, 0.1) is 5.92 Å². The molecule has 2 aromatic rings. The summed E-state index contributed by atoms with van der Waals surface area (Å²) in [5.74, 6) is -1.54. The molecule has 0 bridgehead atoms. The summed E-state index contributed by atoms with van der Waals surface area (Å²) in [5.41, 5.74) is 0.0769. The van der Waals surface area contributed by atoms with Crippen LogP contribution in [0.5, 0.6) is 0 Å². The maximum Gasteiger partial charge on any atom is 0.312 e. The topological polar surface area (TPSA) is 66.8 Å². The van der Waals surface area contributed by atoms with Crippen LogP contribution in [0.1, 0.15) is 29.9 Å². The lowest BCUT2D eigenvalue weighted by atomic mass is 9.63. The average molecular weight is 326 g/mol. The van der Waals surface area contributed by atoms with Crippen molar-refractivity contribution in [2.24, 2.45) is 5.92 Å². The molecule has 126 valence electrons. The van der Waals surface area contributed by atoms with E-state index in [0.717, 1.165) is 5.56 Å². The van der Waals surface area contributed by atoms with Gasteiger partial charge in [-0.15, -0.1) is 0 Å². The van der Waals surface area contributed by atoms with Gasteiger partial charge in [0.1, 0.15) is 5.60 Å². The number of ether oxygens (including phenoxy) is 1. The molecule has 4 nitrogen and oxygen atoms in total. The first kappa shape index (κ1) is 16.7. The van der Waals surface area contributed by atoms with Gasteiger partial charge in [-0.25, -0.2) is 0 Å². The predicted molar refractivity (Wildman–Crippen MR) is 90.3 cm³/mol. The van der Waals surface area contributed by atoms with Gasteiger partial charge in [0, 0.05) is 12.3 Å².